The zero-order valence-corrected chi connectivity index (χ0v) is 14.9. The molecule has 2 N–H and O–H groups in total. The average Bonchev–Trinajstić information content (AvgIpc) is 3.08. The lowest BCUT2D eigenvalue weighted by molar-refractivity contribution is -0.115. The van der Waals surface area contributed by atoms with Crippen LogP contribution in [0.1, 0.15) is 10.6 Å². The number of furan rings is 1. The Balaban J connectivity index is 1.48. The molecule has 3 heterocycles. The maximum atomic E-state index is 11.9. The van der Waals surface area contributed by atoms with Gasteiger partial charge in [-0.15, -0.1) is 0 Å². The summed E-state index contributed by atoms with van der Waals surface area (Å²) in [7, 11) is 0. The van der Waals surface area contributed by atoms with Gasteiger partial charge in [-0.2, -0.15) is 0 Å². The number of carbonyl (C=O) groups is 2. The van der Waals surface area contributed by atoms with Gasteiger partial charge < -0.3 is 24.7 Å². The Kier molecular flexibility index (Phi) is 5.67. The summed E-state index contributed by atoms with van der Waals surface area (Å²) in [5.41, 5.74) is 0.567. The minimum Gasteiger partial charge on any atom is -0.444 e. The van der Waals surface area contributed by atoms with E-state index in [4.69, 9.17) is 9.15 Å². The van der Waals surface area contributed by atoms with E-state index in [1.165, 1.54) is 6.07 Å². The summed E-state index contributed by atoms with van der Waals surface area (Å²) >= 11 is 3.12. The Morgan fingerprint density at radius 3 is 2.64 bits per heavy atom. The van der Waals surface area contributed by atoms with E-state index >= 15 is 0 Å². The Morgan fingerprint density at radius 2 is 2.00 bits per heavy atom. The van der Waals surface area contributed by atoms with Crippen LogP contribution in [0.5, 0.6) is 0 Å². The Hall–Kier alpha value is -2.39. The fourth-order valence-electron chi connectivity index (χ4n) is 2.33. The topological polar surface area (TPSA) is 96.7 Å². The summed E-state index contributed by atoms with van der Waals surface area (Å²) in [5.74, 6) is 0.177. The van der Waals surface area contributed by atoms with Crippen LogP contribution >= 0.6 is 15.9 Å². The van der Waals surface area contributed by atoms with Crippen molar-refractivity contribution in [2.24, 2.45) is 0 Å². The van der Waals surface area contributed by atoms with Crippen molar-refractivity contribution in [1.82, 2.24) is 10.3 Å². The van der Waals surface area contributed by atoms with Gasteiger partial charge in [-0.3, -0.25) is 9.59 Å². The summed E-state index contributed by atoms with van der Waals surface area (Å²) in [6.45, 7) is 2.81. The maximum Gasteiger partial charge on any atom is 0.287 e. The van der Waals surface area contributed by atoms with E-state index in [1.807, 2.05) is 6.07 Å². The van der Waals surface area contributed by atoms with Crippen molar-refractivity contribution in [2.45, 2.75) is 0 Å². The highest BCUT2D eigenvalue weighted by molar-refractivity contribution is 9.10. The molecule has 0 spiro atoms. The molecule has 2 amide bonds. The number of anilines is 2. The molecule has 0 radical (unpaired) electrons. The minimum absolute atomic E-state index is 0.135. The van der Waals surface area contributed by atoms with Crippen molar-refractivity contribution < 1.29 is 18.7 Å². The molecule has 0 bridgehead atoms. The largest absolute Gasteiger partial charge is 0.444 e. The highest BCUT2D eigenvalue weighted by Crippen LogP contribution is 2.15. The van der Waals surface area contributed by atoms with E-state index in [0.717, 1.165) is 18.9 Å². The summed E-state index contributed by atoms with van der Waals surface area (Å²) in [6, 6.07) is 6.75. The lowest BCUT2D eigenvalue weighted by atomic mass is 10.3. The first kappa shape index (κ1) is 17.4. The van der Waals surface area contributed by atoms with Gasteiger partial charge in [-0.1, -0.05) is 0 Å². The van der Waals surface area contributed by atoms with Crippen LogP contribution in [0.2, 0.25) is 0 Å². The first-order valence-electron chi connectivity index (χ1n) is 7.74. The van der Waals surface area contributed by atoms with Crippen LogP contribution in [0.25, 0.3) is 0 Å². The van der Waals surface area contributed by atoms with Gasteiger partial charge in [0.2, 0.25) is 5.91 Å². The normalized spacial score (nSPS) is 14.2. The monoisotopic (exact) mass is 408 g/mol. The molecule has 8 nitrogen and oxygen atoms in total. The van der Waals surface area contributed by atoms with Gasteiger partial charge in [0.1, 0.15) is 5.82 Å². The van der Waals surface area contributed by atoms with E-state index in [1.54, 1.807) is 18.3 Å². The fraction of sp³-hybridized carbons (Fsp3) is 0.312. The van der Waals surface area contributed by atoms with Gasteiger partial charge in [-0.05, 0) is 40.2 Å². The highest BCUT2D eigenvalue weighted by atomic mass is 79.9. The smallest absolute Gasteiger partial charge is 0.287 e. The Bertz CT molecular complexity index is 741. The molecule has 0 aliphatic carbocycles. The number of pyridine rings is 1. The zero-order chi connectivity index (χ0) is 17.6. The van der Waals surface area contributed by atoms with E-state index in [-0.39, 0.29) is 18.2 Å². The SMILES string of the molecule is O=C(CNC(=O)c1ccc(Br)o1)Nc1ccc(N2CCOCC2)nc1. The van der Waals surface area contributed by atoms with Crippen LogP contribution in [0.4, 0.5) is 11.5 Å². The van der Waals surface area contributed by atoms with Crippen molar-refractivity contribution in [2.75, 3.05) is 43.1 Å². The molecule has 25 heavy (non-hydrogen) atoms. The third-order valence-corrected chi connectivity index (χ3v) is 4.00. The zero-order valence-electron chi connectivity index (χ0n) is 13.3. The first-order valence-corrected chi connectivity index (χ1v) is 8.53. The lowest BCUT2D eigenvalue weighted by Gasteiger charge is -2.27. The number of halogens is 1. The highest BCUT2D eigenvalue weighted by Gasteiger charge is 2.14. The number of rotatable bonds is 5. The van der Waals surface area contributed by atoms with Crippen molar-refractivity contribution in [1.29, 1.82) is 0 Å². The van der Waals surface area contributed by atoms with Gasteiger partial charge in [0.05, 0.1) is 31.6 Å². The number of ether oxygens (including phenoxy) is 1. The van der Waals surface area contributed by atoms with E-state index in [0.29, 0.717) is 23.6 Å². The van der Waals surface area contributed by atoms with Gasteiger partial charge >= 0.3 is 0 Å². The molecule has 0 atom stereocenters. The van der Waals surface area contributed by atoms with Crippen molar-refractivity contribution >= 4 is 39.2 Å². The molecule has 2 aromatic rings. The number of nitrogens with zero attached hydrogens (tertiary/aromatic N) is 2. The van der Waals surface area contributed by atoms with Crippen molar-refractivity contribution in [3.63, 3.8) is 0 Å². The molecule has 0 saturated carbocycles. The quantitative estimate of drug-likeness (QED) is 0.780. The summed E-state index contributed by atoms with van der Waals surface area (Å²) in [5, 5.41) is 5.17. The second-order valence-corrected chi connectivity index (χ2v) is 6.12. The molecule has 132 valence electrons. The minimum atomic E-state index is -0.457. The first-order chi connectivity index (χ1) is 12.1. The Morgan fingerprint density at radius 1 is 1.20 bits per heavy atom. The number of amides is 2. The number of nitrogens with one attached hydrogen (secondary N) is 2. The molecule has 1 aliphatic rings. The van der Waals surface area contributed by atoms with Crippen molar-refractivity contribution in [3.05, 3.63) is 40.9 Å². The molecular formula is C16H17BrN4O4. The molecule has 2 aromatic heterocycles. The molecule has 0 aromatic carbocycles. The van der Waals surface area contributed by atoms with E-state index in [2.05, 4.69) is 36.4 Å². The van der Waals surface area contributed by atoms with Gasteiger partial charge in [0.15, 0.2) is 10.4 Å². The number of carbonyl (C=O) groups excluding carboxylic acids is 2. The molecule has 3 rings (SSSR count). The van der Waals surface area contributed by atoms with Crippen molar-refractivity contribution in [3.8, 4) is 0 Å². The van der Waals surface area contributed by atoms with Crippen LogP contribution in [0.15, 0.2) is 39.5 Å². The summed E-state index contributed by atoms with van der Waals surface area (Å²) < 4.78 is 10.9. The molecule has 1 fully saturated rings. The number of hydrogen-bond donors (Lipinski definition) is 2. The predicted molar refractivity (Wildman–Crippen MR) is 94.6 cm³/mol. The van der Waals surface area contributed by atoms with Gasteiger partial charge in [-0.25, -0.2) is 4.98 Å². The number of aromatic nitrogens is 1. The molecule has 9 heteroatoms. The van der Waals surface area contributed by atoms with E-state index in [9.17, 15) is 9.59 Å². The van der Waals surface area contributed by atoms with Crippen LogP contribution < -0.4 is 15.5 Å². The number of morpholine rings is 1. The van der Waals surface area contributed by atoms with Crippen LogP contribution in [0.3, 0.4) is 0 Å². The number of hydrogen-bond acceptors (Lipinski definition) is 6. The fourth-order valence-corrected chi connectivity index (χ4v) is 2.64. The van der Waals surface area contributed by atoms with Gasteiger partial charge in [0.25, 0.3) is 5.91 Å². The Labute approximate surface area is 152 Å². The summed E-state index contributed by atoms with van der Waals surface area (Å²) in [6.07, 6.45) is 1.59. The van der Waals surface area contributed by atoms with Crippen LogP contribution in [-0.2, 0) is 9.53 Å². The third-order valence-electron chi connectivity index (χ3n) is 3.57. The van der Waals surface area contributed by atoms with Crippen LogP contribution in [-0.4, -0.2) is 49.6 Å². The standard InChI is InChI=1S/C16H17BrN4O4/c17-13-3-2-12(25-13)16(23)19-10-15(22)20-11-1-4-14(18-9-11)21-5-7-24-8-6-21/h1-4,9H,5-8,10H2,(H,19,23)(H,20,22). The van der Waals surface area contributed by atoms with Gasteiger partial charge in [0, 0.05) is 13.1 Å². The van der Waals surface area contributed by atoms with E-state index < -0.39 is 5.91 Å². The predicted octanol–water partition coefficient (Wildman–Crippen LogP) is 1.64. The molecular weight excluding hydrogens is 392 g/mol. The van der Waals surface area contributed by atoms with Crippen LogP contribution in [0, 0.1) is 0 Å². The average molecular weight is 409 g/mol. The second kappa shape index (κ2) is 8.13. The summed E-state index contributed by atoms with van der Waals surface area (Å²) in [4.78, 5) is 30.2. The molecule has 0 unspecified atom stereocenters. The second-order valence-electron chi connectivity index (χ2n) is 5.34. The molecule has 1 aliphatic heterocycles. The maximum absolute atomic E-state index is 11.9. The molecule has 1 saturated heterocycles. The lowest BCUT2D eigenvalue weighted by Crippen LogP contribution is -2.36. The third kappa shape index (κ3) is 4.80.